The molecule has 1 aliphatic carbocycles. The molecule has 0 radical (unpaired) electrons. The molecule has 6 nitrogen and oxygen atoms in total. The molecule has 0 spiro atoms. The quantitative estimate of drug-likeness (QED) is 0.521. The van der Waals surface area contributed by atoms with Crippen molar-refractivity contribution >= 4 is 11.9 Å². The van der Waals surface area contributed by atoms with E-state index in [2.05, 4.69) is 19.2 Å². The molecule has 0 aromatic carbocycles. The molecule has 23 heavy (non-hydrogen) atoms. The molecule has 1 N–H and O–H groups in total. The molecule has 1 saturated carbocycles. The van der Waals surface area contributed by atoms with E-state index in [9.17, 15) is 14.8 Å². The molecule has 6 heteroatoms. The number of pyridine rings is 1. The van der Waals surface area contributed by atoms with Crippen LogP contribution in [0.3, 0.4) is 0 Å². The van der Waals surface area contributed by atoms with Gasteiger partial charge in [-0.1, -0.05) is 26.7 Å². The lowest BCUT2D eigenvalue weighted by atomic mass is 9.78. The Bertz CT molecular complexity index is 575. The minimum Gasteiger partial charge on any atom is -0.618 e. The Labute approximate surface area is 136 Å². The van der Waals surface area contributed by atoms with Gasteiger partial charge in [0.1, 0.15) is 0 Å². The molecule has 0 saturated heterocycles. The topological polar surface area (TPSA) is 82.3 Å². The van der Waals surface area contributed by atoms with E-state index in [1.807, 2.05) is 0 Å². The van der Waals surface area contributed by atoms with Crippen molar-refractivity contribution in [1.82, 2.24) is 5.32 Å². The number of amides is 1. The van der Waals surface area contributed by atoms with Crippen molar-refractivity contribution < 1.29 is 19.1 Å². The highest BCUT2D eigenvalue weighted by atomic mass is 16.6. The van der Waals surface area contributed by atoms with Gasteiger partial charge in [-0.2, -0.15) is 4.73 Å². The Kier molecular flexibility index (Phi) is 5.58. The Morgan fingerprint density at radius 1 is 1.35 bits per heavy atom. The first-order valence-electron chi connectivity index (χ1n) is 8.09. The van der Waals surface area contributed by atoms with Crippen LogP contribution in [0.25, 0.3) is 0 Å². The van der Waals surface area contributed by atoms with Crippen molar-refractivity contribution in [3.8, 4) is 0 Å². The van der Waals surface area contributed by atoms with Crippen LogP contribution in [-0.4, -0.2) is 24.0 Å². The van der Waals surface area contributed by atoms with Crippen LogP contribution in [0.15, 0.2) is 24.4 Å². The van der Waals surface area contributed by atoms with Gasteiger partial charge in [0.05, 0.1) is 0 Å². The predicted molar refractivity (Wildman–Crippen MR) is 84.4 cm³/mol. The van der Waals surface area contributed by atoms with Gasteiger partial charge in [-0.3, -0.25) is 4.79 Å². The van der Waals surface area contributed by atoms with Crippen LogP contribution in [0.4, 0.5) is 0 Å². The first kappa shape index (κ1) is 17.2. The fourth-order valence-electron chi connectivity index (χ4n) is 2.95. The van der Waals surface area contributed by atoms with Gasteiger partial charge in [-0.05, 0) is 31.2 Å². The maximum atomic E-state index is 12.2. The molecule has 0 aliphatic heterocycles. The number of esters is 1. The van der Waals surface area contributed by atoms with Crippen LogP contribution in [0.1, 0.15) is 50.5 Å². The molecule has 1 aliphatic rings. The van der Waals surface area contributed by atoms with Crippen molar-refractivity contribution in [3.63, 3.8) is 0 Å². The van der Waals surface area contributed by atoms with Gasteiger partial charge in [0, 0.05) is 18.2 Å². The number of carbonyl (C=O) groups is 2. The number of hydrogen-bond acceptors (Lipinski definition) is 4. The Balaban J connectivity index is 1.92. The normalized spacial score (nSPS) is 25.4. The van der Waals surface area contributed by atoms with Crippen LogP contribution in [-0.2, 0) is 9.53 Å². The summed E-state index contributed by atoms with van der Waals surface area (Å²) in [6.07, 6.45) is 3.48. The van der Waals surface area contributed by atoms with Crippen LogP contribution < -0.4 is 10.0 Å². The zero-order valence-electron chi connectivity index (χ0n) is 13.8. The third-order valence-corrected chi connectivity index (χ3v) is 4.72. The summed E-state index contributed by atoms with van der Waals surface area (Å²) < 4.78 is 5.54. The van der Waals surface area contributed by atoms with Gasteiger partial charge in [-0.25, -0.2) is 4.79 Å². The zero-order chi connectivity index (χ0) is 17.0. The molecule has 0 unspecified atom stereocenters. The summed E-state index contributed by atoms with van der Waals surface area (Å²) in [6, 6.07) is 4.56. The van der Waals surface area contributed by atoms with Crippen molar-refractivity contribution in [3.05, 3.63) is 35.3 Å². The first-order valence-corrected chi connectivity index (χ1v) is 8.09. The second kappa shape index (κ2) is 7.44. The van der Waals surface area contributed by atoms with Gasteiger partial charge in [-0.15, -0.1) is 0 Å². The largest absolute Gasteiger partial charge is 0.618 e. The predicted octanol–water partition coefficient (Wildman–Crippen LogP) is 1.81. The molecule has 1 fully saturated rings. The van der Waals surface area contributed by atoms with Gasteiger partial charge >= 0.3 is 11.7 Å². The third-order valence-electron chi connectivity index (χ3n) is 4.72. The molecule has 2 rings (SSSR count). The van der Waals surface area contributed by atoms with E-state index < -0.39 is 12.1 Å². The summed E-state index contributed by atoms with van der Waals surface area (Å²) in [5.74, 6) is -0.157. The average molecular weight is 320 g/mol. The fraction of sp³-hybridized carbons (Fsp3) is 0.588. The molecule has 0 bridgehead atoms. The van der Waals surface area contributed by atoms with Crippen molar-refractivity contribution in [2.24, 2.45) is 11.8 Å². The number of nitrogens with one attached hydrogen (secondary N) is 1. The van der Waals surface area contributed by atoms with Gasteiger partial charge in [0.15, 0.2) is 12.3 Å². The second-order valence-corrected chi connectivity index (χ2v) is 6.34. The lowest BCUT2D eigenvalue weighted by Crippen LogP contribution is -2.48. The molecule has 1 aromatic heterocycles. The molecular formula is C17H24N2O4. The van der Waals surface area contributed by atoms with Gasteiger partial charge < -0.3 is 15.3 Å². The van der Waals surface area contributed by atoms with E-state index in [1.54, 1.807) is 6.07 Å². The number of rotatable bonds is 4. The van der Waals surface area contributed by atoms with E-state index in [-0.39, 0.29) is 17.6 Å². The molecular weight excluding hydrogens is 296 g/mol. The minimum atomic E-state index is -0.938. The number of carbonyl (C=O) groups excluding carboxylic acids is 2. The van der Waals surface area contributed by atoms with Gasteiger partial charge in [0.2, 0.25) is 0 Å². The van der Waals surface area contributed by atoms with Crippen LogP contribution in [0, 0.1) is 17.0 Å². The monoisotopic (exact) mass is 320 g/mol. The molecule has 4 atom stereocenters. The SMILES string of the molecule is C[C@@H]1[C@H](C)CCC[C@H]1NC(=O)[C@@H](C)OC(=O)c1cccc[n+]1[O-]. The molecule has 126 valence electrons. The fourth-order valence-corrected chi connectivity index (χ4v) is 2.95. The first-order chi connectivity index (χ1) is 10.9. The highest BCUT2D eigenvalue weighted by molar-refractivity contribution is 5.89. The second-order valence-electron chi connectivity index (χ2n) is 6.34. The number of ether oxygens (including phenoxy) is 1. The summed E-state index contributed by atoms with van der Waals surface area (Å²) in [7, 11) is 0. The number of aromatic nitrogens is 1. The average Bonchev–Trinajstić information content (AvgIpc) is 2.52. The maximum absolute atomic E-state index is 12.2. The highest BCUT2D eigenvalue weighted by Gasteiger charge is 2.30. The van der Waals surface area contributed by atoms with E-state index in [0.717, 1.165) is 12.8 Å². The molecule has 1 aromatic rings. The Morgan fingerprint density at radius 2 is 2.09 bits per heavy atom. The van der Waals surface area contributed by atoms with Crippen molar-refractivity contribution in [2.45, 2.75) is 52.2 Å². The lowest BCUT2D eigenvalue weighted by Gasteiger charge is -2.35. The maximum Gasteiger partial charge on any atom is 0.405 e. The summed E-state index contributed by atoms with van der Waals surface area (Å²) >= 11 is 0. The standard InChI is InChI=1S/C17H24N2O4/c1-11-7-6-8-14(12(11)2)18-16(20)13(3)23-17(21)15-9-4-5-10-19(15)22/h4-5,9-14H,6-8H2,1-3H3,(H,18,20)/t11-,12-,13-,14-/m1/s1. The number of nitrogens with zero attached hydrogens (tertiary/aromatic N) is 1. The summed E-state index contributed by atoms with van der Waals surface area (Å²) in [4.78, 5) is 24.2. The summed E-state index contributed by atoms with van der Waals surface area (Å²) in [5, 5.41) is 14.5. The van der Waals surface area contributed by atoms with Crippen LogP contribution >= 0.6 is 0 Å². The van der Waals surface area contributed by atoms with E-state index >= 15 is 0 Å². The zero-order valence-corrected chi connectivity index (χ0v) is 13.8. The van der Waals surface area contributed by atoms with E-state index in [1.165, 1.54) is 31.7 Å². The Hall–Kier alpha value is -2.11. The van der Waals surface area contributed by atoms with Gasteiger partial charge in [0.25, 0.3) is 5.91 Å². The highest BCUT2D eigenvalue weighted by Crippen LogP contribution is 2.29. The Morgan fingerprint density at radius 3 is 2.78 bits per heavy atom. The summed E-state index contributed by atoms with van der Waals surface area (Å²) in [6.45, 7) is 5.84. The smallest absolute Gasteiger partial charge is 0.405 e. The van der Waals surface area contributed by atoms with E-state index in [0.29, 0.717) is 16.6 Å². The molecule has 1 heterocycles. The minimum absolute atomic E-state index is 0.105. The van der Waals surface area contributed by atoms with E-state index in [4.69, 9.17) is 4.74 Å². The van der Waals surface area contributed by atoms with Crippen LogP contribution in [0.5, 0.6) is 0 Å². The van der Waals surface area contributed by atoms with Crippen molar-refractivity contribution in [2.75, 3.05) is 0 Å². The molecule has 1 amide bonds. The lowest BCUT2D eigenvalue weighted by molar-refractivity contribution is -0.608. The van der Waals surface area contributed by atoms with Crippen molar-refractivity contribution in [1.29, 1.82) is 0 Å². The summed E-state index contributed by atoms with van der Waals surface area (Å²) in [5.41, 5.74) is -0.133. The third kappa shape index (κ3) is 4.21. The number of hydrogen-bond donors (Lipinski definition) is 1. The van der Waals surface area contributed by atoms with Crippen LogP contribution in [0.2, 0.25) is 0 Å².